The van der Waals surface area contributed by atoms with Crippen molar-refractivity contribution in [3.63, 3.8) is 0 Å². The van der Waals surface area contributed by atoms with Gasteiger partial charge in [-0.25, -0.2) is 13.2 Å². The van der Waals surface area contributed by atoms with E-state index in [1.54, 1.807) is 5.57 Å². The Hall–Kier alpha value is -1.47. The second-order valence-electron chi connectivity index (χ2n) is 10.6. The lowest BCUT2D eigenvalue weighted by Gasteiger charge is -2.39. The molecule has 196 valence electrons. The Morgan fingerprint density at radius 1 is 0.943 bits per heavy atom. The van der Waals surface area contributed by atoms with E-state index < -0.39 is 41.7 Å². The van der Waals surface area contributed by atoms with Crippen LogP contribution in [0.2, 0.25) is 0 Å². The number of hydrogen-bond donors (Lipinski definition) is 0. The van der Waals surface area contributed by atoms with E-state index in [2.05, 4.69) is 13.0 Å². The highest BCUT2D eigenvalue weighted by molar-refractivity contribution is 5.22. The maximum Gasteiger partial charge on any atom is 0.358 e. The summed E-state index contributed by atoms with van der Waals surface area (Å²) < 4.78 is 81.0. The summed E-state index contributed by atoms with van der Waals surface area (Å²) in [4.78, 5) is 0. The number of unbranched alkanes of at least 4 members (excludes halogenated alkanes) is 1. The number of halogens is 5. The SMILES string of the molecule is CCCCC1=CCC(C2CCC(C(F)(F)OC3CCC(c4cc(F)c(F)c(F)c4)OC3)CC2)CC1. The highest BCUT2D eigenvalue weighted by Gasteiger charge is 2.46. The fourth-order valence-corrected chi connectivity index (χ4v) is 6.06. The van der Waals surface area contributed by atoms with Crippen LogP contribution >= 0.6 is 0 Å². The lowest BCUT2D eigenvalue weighted by atomic mass is 9.71. The molecule has 1 aliphatic heterocycles. The summed E-state index contributed by atoms with van der Waals surface area (Å²) in [6.45, 7) is 2.12. The van der Waals surface area contributed by atoms with Crippen LogP contribution in [0.1, 0.15) is 95.6 Å². The summed E-state index contributed by atoms with van der Waals surface area (Å²) in [5, 5.41) is 0. The molecular formula is C28H37F5O2. The first-order chi connectivity index (χ1) is 16.8. The first-order valence-electron chi connectivity index (χ1n) is 13.3. The van der Waals surface area contributed by atoms with Crippen molar-refractivity contribution in [2.24, 2.45) is 17.8 Å². The van der Waals surface area contributed by atoms with E-state index in [1.165, 1.54) is 25.7 Å². The van der Waals surface area contributed by atoms with Crippen LogP contribution in [0.4, 0.5) is 22.0 Å². The molecule has 1 aromatic carbocycles. The number of benzene rings is 1. The van der Waals surface area contributed by atoms with E-state index in [1.807, 2.05) is 0 Å². The maximum atomic E-state index is 15.0. The van der Waals surface area contributed by atoms with E-state index in [-0.39, 0.29) is 25.0 Å². The zero-order valence-electron chi connectivity index (χ0n) is 20.5. The largest absolute Gasteiger partial charge is 0.371 e. The van der Waals surface area contributed by atoms with Crippen LogP contribution in [0.3, 0.4) is 0 Å². The zero-order chi connectivity index (χ0) is 25.0. The summed E-state index contributed by atoms with van der Waals surface area (Å²) in [5.41, 5.74) is 1.74. The normalized spacial score (nSPS) is 30.2. The molecule has 1 saturated heterocycles. The molecule has 3 atom stereocenters. The Balaban J connectivity index is 1.22. The van der Waals surface area contributed by atoms with Crippen LogP contribution in [0.15, 0.2) is 23.8 Å². The van der Waals surface area contributed by atoms with Crippen LogP contribution in [-0.2, 0) is 9.47 Å². The second kappa shape index (κ2) is 11.7. The smallest absolute Gasteiger partial charge is 0.358 e. The van der Waals surface area contributed by atoms with Gasteiger partial charge in [-0.3, -0.25) is 0 Å². The highest BCUT2D eigenvalue weighted by Crippen LogP contribution is 2.45. The summed E-state index contributed by atoms with van der Waals surface area (Å²) >= 11 is 0. The molecule has 7 heteroatoms. The van der Waals surface area contributed by atoms with Crippen molar-refractivity contribution in [1.29, 1.82) is 0 Å². The van der Waals surface area contributed by atoms with Gasteiger partial charge in [0.05, 0.1) is 24.7 Å². The molecule has 3 aliphatic rings. The third kappa shape index (κ3) is 6.65. The van der Waals surface area contributed by atoms with E-state index in [4.69, 9.17) is 9.47 Å². The fourth-order valence-electron chi connectivity index (χ4n) is 6.06. The third-order valence-corrected chi connectivity index (χ3v) is 8.25. The molecule has 4 rings (SSSR count). The molecule has 0 radical (unpaired) electrons. The van der Waals surface area contributed by atoms with E-state index in [9.17, 15) is 22.0 Å². The van der Waals surface area contributed by atoms with Gasteiger partial charge < -0.3 is 9.47 Å². The third-order valence-electron chi connectivity index (χ3n) is 8.25. The molecule has 0 spiro atoms. The van der Waals surface area contributed by atoms with Crippen molar-refractivity contribution >= 4 is 0 Å². The van der Waals surface area contributed by atoms with Crippen LogP contribution in [-0.4, -0.2) is 18.8 Å². The average molecular weight is 501 g/mol. The Bertz CT molecular complexity index is 847. The first-order valence-corrected chi connectivity index (χ1v) is 13.3. The van der Waals surface area contributed by atoms with Gasteiger partial charge in [-0.2, -0.15) is 8.78 Å². The van der Waals surface area contributed by atoms with Crippen LogP contribution in [0, 0.1) is 35.2 Å². The molecular weight excluding hydrogens is 463 g/mol. The minimum atomic E-state index is -3.22. The maximum absolute atomic E-state index is 15.0. The van der Waals surface area contributed by atoms with Crippen molar-refractivity contribution in [2.45, 2.75) is 102 Å². The second-order valence-corrected chi connectivity index (χ2v) is 10.6. The van der Waals surface area contributed by atoms with Gasteiger partial charge in [0.15, 0.2) is 17.5 Å². The Labute approximate surface area is 205 Å². The predicted octanol–water partition coefficient (Wildman–Crippen LogP) is 8.66. The number of allylic oxidation sites excluding steroid dienone is 2. The van der Waals surface area contributed by atoms with Crippen molar-refractivity contribution in [2.75, 3.05) is 6.61 Å². The van der Waals surface area contributed by atoms with Crippen molar-refractivity contribution in [3.05, 3.63) is 46.8 Å². The van der Waals surface area contributed by atoms with Gasteiger partial charge in [-0.1, -0.05) is 25.0 Å². The van der Waals surface area contributed by atoms with Crippen molar-refractivity contribution < 1.29 is 31.4 Å². The summed E-state index contributed by atoms with van der Waals surface area (Å²) in [5.74, 6) is -3.77. The molecule has 3 unspecified atom stereocenters. The van der Waals surface area contributed by atoms with Crippen LogP contribution in [0.5, 0.6) is 0 Å². The molecule has 2 fully saturated rings. The van der Waals surface area contributed by atoms with Gasteiger partial charge in [0.25, 0.3) is 0 Å². The van der Waals surface area contributed by atoms with Crippen molar-refractivity contribution in [1.82, 2.24) is 0 Å². The van der Waals surface area contributed by atoms with Crippen LogP contribution < -0.4 is 0 Å². The lowest BCUT2D eigenvalue weighted by molar-refractivity contribution is -0.310. The number of hydrogen-bond acceptors (Lipinski definition) is 2. The molecule has 0 aromatic heterocycles. The topological polar surface area (TPSA) is 18.5 Å². The molecule has 35 heavy (non-hydrogen) atoms. The molecule has 2 nitrogen and oxygen atoms in total. The molecule has 0 amide bonds. The summed E-state index contributed by atoms with van der Waals surface area (Å²) in [6, 6.07) is 1.79. The molecule has 1 saturated carbocycles. The Morgan fingerprint density at radius 2 is 1.66 bits per heavy atom. The van der Waals surface area contributed by atoms with E-state index >= 15 is 0 Å². The van der Waals surface area contributed by atoms with Gasteiger partial charge in [0, 0.05) is 0 Å². The lowest BCUT2D eigenvalue weighted by Crippen LogP contribution is -2.41. The van der Waals surface area contributed by atoms with Gasteiger partial charge in [-0.15, -0.1) is 0 Å². The minimum Gasteiger partial charge on any atom is -0.371 e. The Morgan fingerprint density at radius 3 is 2.23 bits per heavy atom. The van der Waals surface area contributed by atoms with Gasteiger partial charge in [0.2, 0.25) is 0 Å². The summed E-state index contributed by atoms with van der Waals surface area (Å²) in [6.07, 6.45) is 7.92. The predicted molar refractivity (Wildman–Crippen MR) is 124 cm³/mol. The van der Waals surface area contributed by atoms with E-state index in [0.717, 1.165) is 37.8 Å². The van der Waals surface area contributed by atoms with Gasteiger partial charge >= 0.3 is 6.11 Å². The number of alkyl halides is 2. The zero-order valence-corrected chi connectivity index (χ0v) is 20.5. The molecule has 1 aromatic rings. The first kappa shape index (κ1) is 26.6. The highest BCUT2D eigenvalue weighted by atomic mass is 19.3. The summed E-state index contributed by atoms with van der Waals surface area (Å²) in [7, 11) is 0. The molecule has 0 N–H and O–H groups in total. The van der Waals surface area contributed by atoms with E-state index in [0.29, 0.717) is 24.7 Å². The van der Waals surface area contributed by atoms with Crippen molar-refractivity contribution in [3.8, 4) is 0 Å². The Kier molecular flexibility index (Phi) is 8.90. The fraction of sp³-hybridized carbons (Fsp3) is 0.714. The molecule has 2 aliphatic carbocycles. The average Bonchev–Trinajstić information content (AvgIpc) is 2.86. The number of ether oxygens (including phenoxy) is 2. The van der Waals surface area contributed by atoms with Gasteiger partial charge in [0.1, 0.15) is 0 Å². The standard InChI is InChI=1S/C28H37F5O2/c1-2-3-4-18-5-7-19(8-6-18)20-9-11-22(12-10-20)28(32,33)35-23-13-14-26(34-17-23)21-15-24(29)27(31)25(30)16-21/h5,15-16,19-20,22-23,26H,2-4,6-14,17H2,1H3. The number of rotatable bonds is 8. The molecule has 1 heterocycles. The van der Waals surface area contributed by atoms with Gasteiger partial charge in [-0.05, 0) is 100 Å². The van der Waals surface area contributed by atoms with Crippen LogP contribution in [0.25, 0.3) is 0 Å². The monoisotopic (exact) mass is 500 g/mol. The minimum absolute atomic E-state index is 0.0923. The quantitative estimate of drug-likeness (QED) is 0.202. The molecule has 0 bridgehead atoms.